The van der Waals surface area contributed by atoms with E-state index in [1.807, 2.05) is 49.4 Å². The predicted molar refractivity (Wildman–Crippen MR) is 152 cm³/mol. The third kappa shape index (κ3) is 5.63. The molecule has 1 fully saturated rings. The van der Waals surface area contributed by atoms with Gasteiger partial charge in [0.1, 0.15) is 21.7 Å². The molecule has 1 saturated heterocycles. The quantitative estimate of drug-likeness (QED) is 0.297. The lowest BCUT2D eigenvalue weighted by atomic mass is 10.2. The molecular formula is C27H32ClN5O4S. The van der Waals surface area contributed by atoms with Gasteiger partial charge in [-0.2, -0.15) is 5.10 Å². The number of amides is 1. The molecule has 38 heavy (non-hydrogen) atoms. The number of carbonyl (C=O) groups excluding carboxylic acids is 1. The molecule has 2 aromatic carbocycles. The van der Waals surface area contributed by atoms with Crippen LogP contribution in [-0.2, 0) is 4.74 Å². The zero-order valence-electron chi connectivity index (χ0n) is 21.8. The standard InChI is InChI=1S/C27H31N5O4S.ClH/c1-19-21(18-28-32(19)20-8-5-4-6-9-20)26(33)31(13-7-12-30-14-16-36-17-15-30)27-29-24-22(34-2)10-11-23(35-3)25(24)37-27;/h4-6,8-11,18H,7,12-17H2,1-3H3;1H. The van der Waals surface area contributed by atoms with Crippen LogP contribution in [0.1, 0.15) is 22.5 Å². The topological polar surface area (TPSA) is 82.0 Å². The molecule has 0 radical (unpaired) electrons. The number of carbonyl (C=O) groups is 1. The molecule has 5 rings (SSSR count). The zero-order valence-corrected chi connectivity index (χ0v) is 23.4. The fourth-order valence-corrected chi connectivity index (χ4v) is 5.64. The number of hydrogen-bond acceptors (Lipinski definition) is 8. The summed E-state index contributed by atoms with van der Waals surface area (Å²) >= 11 is 1.43. The average Bonchev–Trinajstić information content (AvgIpc) is 3.55. The van der Waals surface area contributed by atoms with E-state index in [1.54, 1.807) is 30.0 Å². The maximum absolute atomic E-state index is 14.0. The Morgan fingerprint density at radius 2 is 1.79 bits per heavy atom. The summed E-state index contributed by atoms with van der Waals surface area (Å²) in [4.78, 5) is 23.0. The number of thiazole rings is 1. The van der Waals surface area contributed by atoms with Crippen LogP contribution in [0, 0.1) is 6.92 Å². The van der Waals surface area contributed by atoms with E-state index in [-0.39, 0.29) is 18.3 Å². The van der Waals surface area contributed by atoms with E-state index < -0.39 is 0 Å². The van der Waals surface area contributed by atoms with Crippen LogP contribution in [0.15, 0.2) is 48.7 Å². The number of nitrogens with zero attached hydrogens (tertiary/aromatic N) is 5. The van der Waals surface area contributed by atoms with Gasteiger partial charge in [-0.05, 0) is 37.6 Å². The summed E-state index contributed by atoms with van der Waals surface area (Å²) < 4.78 is 19.2. The van der Waals surface area contributed by atoms with Crippen molar-refractivity contribution in [3.8, 4) is 17.2 Å². The van der Waals surface area contributed by atoms with Crippen LogP contribution < -0.4 is 14.4 Å². The first-order chi connectivity index (χ1) is 18.1. The van der Waals surface area contributed by atoms with Crippen molar-refractivity contribution >= 4 is 45.0 Å². The SMILES string of the molecule is COc1ccc(OC)c2sc(N(CCCN3CCOCC3)C(=O)c3cnn(-c4ccccc4)c3C)nc12.Cl. The Labute approximate surface area is 232 Å². The number of anilines is 1. The van der Waals surface area contributed by atoms with E-state index in [1.165, 1.54) is 11.3 Å². The molecule has 1 aliphatic heterocycles. The first kappa shape index (κ1) is 27.8. The van der Waals surface area contributed by atoms with Crippen molar-refractivity contribution in [2.24, 2.45) is 0 Å². The molecule has 0 spiro atoms. The molecule has 0 aliphatic carbocycles. The molecule has 0 saturated carbocycles. The fraction of sp³-hybridized carbons (Fsp3) is 0.370. The highest BCUT2D eigenvalue weighted by Gasteiger charge is 2.27. The number of ether oxygens (including phenoxy) is 3. The molecule has 0 N–H and O–H groups in total. The van der Waals surface area contributed by atoms with Gasteiger partial charge in [-0.3, -0.25) is 14.6 Å². The van der Waals surface area contributed by atoms with E-state index in [0.29, 0.717) is 34.3 Å². The van der Waals surface area contributed by atoms with Gasteiger partial charge in [0.2, 0.25) is 0 Å². The van der Waals surface area contributed by atoms with Crippen molar-refractivity contribution in [3.05, 3.63) is 59.9 Å². The Hall–Kier alpha value is -3.18. The summed E-state index contributed by atoms with van der Waals surface area (Å²) in [5.74, 6) is 1.22. The van der Waals surface area contributed by atoms with Crippen LogP contribution in [-0.4, -0.2) is 79.2 Å². The van der Waals surface area contributed by atoms with Crippen molar-refractivity contribution in [3.63, 3.8) is 0 Å². The molecule has 11 heteroatoms. The second-order valence-electron chi connectivity index (χ2n) is 8.80. The van der Waals surface area contributed by atoms with Gasteiger partial charge >= 0.3 is 0 Å². The molecule has 4 aromatic rings. The number of morpholine rings is 1. The van der Waals surface area contributed by atoms with Crippen LogP contribution in [0.25, 0.3) is 15.9 Å². The Morgan fingerprint density at radius 1 is 1.08 bits per heavy atom. The Morgan fingerprint density at radius 3 is 2.50 bits per heavy atom. The molecule has 1 aliphatic rings. The van der Waals surface area contributed by atoms with Gasteiger partial charge in [0, 0.05) is 26.2 Å². The minimum absolute atomic E-state index is 0. The summed E-state index contributed by atoms with van der Waals surface area (Å²) in [6, 6.07) is 13.5. The molecule has 1 amide bonds. The van der Waals surface area contributed by atoms with Crippen LogP contribution in [0.2, 0.25) is 0 Å². The van der Waals surface area contributed by atoms with Gasteiger partial charge in [-0.25, -0.2) is 9.67 Å². The summed E-state index contributed by atoms with van der Waals surface area (Å²) in [7, 11) is 3.25. The van der Waals surface area contributed by atoms with E-state index in [9.17, 15) is 4.79 Å². The Bertz CT molecular complexity index is 1330. The van der Waals surface area contributed by atoms with Gasteiger partial charge in [-0.15, -0.1) is 12.4 Å². The number of rotatable bonds is 9. The Kier molecular flexibility index (Phi) is 9.22. The molecule has 2 aromatic heterocycles. The number of fused-ring (bicyclic) bond motifs is 1. The largest absolute Gasteiger partial charge is 0.495 e. The minimum Gasteiger partial charge on any atom is -0.495 e. The number of hydrogen-bond donors (Lipinski definition) is 0. The van der Waals surface area contributed by atoms with Gasteiger partial charge in [0.15, 0.2) is 5.13 Å². The summed E-state index contributed by atoms with van der Waals surface area (Å²) in [5, 5.41) is 5.13. The minimum atomic E-state index is -0.126. The van der Waals surface area contributed by atoms with Crippen molar-refractivity contribution in [1.82, 2.24) is 19.7 Å². The highest BCUT2D eigenvalue weighted by Crippen LogP contribution is 2.40. The van der Waals surface area contributed by atoms with Crippen LogP contribution in [0.3, 0.4) is 0 Å². The smallest absolute Gasteiger partial charge is 0.263 e. The highest BCUT2D eigenvalue weighted by atomic mass is 35.5. The molecule has 9 nitrogen and oxygen atoms in total. The molecule has 0 atom stereocenters. The Balaban J connectivity index is 0.00000336. The predicted octanol–water partition coefficient (Wildman–Crippen LogP) is 4.60. The maximum Gasteiger partial charge on any atom is 0.263 e. The lowest BCUT2D eigenvalue weighted by Gasteiger charge is -2.27. The molecule has 202 valence electrons. The van der Waals surface area contributed by atoms with E-state index in [0.717, 1.165) is 55.4 Å². The number of benzene rings is 2. The van der Waals surface area contributed by atoms with E-state index in [4.69, 9.17) is 19.2 Å². The second kappa shape index (κ2) is 12.6. The number of aromatic nitrogens is 3. The van der Waals surface area contributed by atoms with Crippen molar-refractivity contribution in [2.75, 3.05) is 58.5 Å². The maximum atomic E-state index is 14.0. The lowest BCUT2D eigenvalue weighted by molar-refractivity contribution is 0.0376. The first-order valence-electron chi connectivity index (χ1n) is 12.3. The van der Waals surface area contributed by atoms with Gasteiger partial charge in [-0.1, -0.05) is 29.5 Å². The number of methoxy groups -OCH3 is 2. The van der Waals surface area contributed by atoms with Crippen LogP contribution in [0.4, 0.5) is 5.13 Å². The summed E-state index contributed by atoms with van der Waals surface area (Å²) in [6.07, 6.45) is 2.45. The molecular weight excluding hydrogens is 526 g/mol. The second-order valence-corrected chi connectivity index (χ2v) is 9.78. The third-order valence-corrected chi connectivity index (χ3v) is 7.67. The van der Waals surface area contributed by atoms with Crippen LogP contribution in [0.5, 0.6) is 11.5 Å². The van der Waals surface area contributed by atoms with Gasteiger partial charge < -0.3 is 14.2 Å². The normalized spacial score (nSPS) is 13.8. The van der Waals surface area contributed by atoms with Crippen molar-refractivity contribution < 1.29 is 19.0 Å². The molecule has 0 bridgehead atoms. The number of para-hydroxylation sites is 1. The number of halogens is 1. The molecule has 3 heterocycles. The van der Waals surface area contributed by atoms with Gasteiger partial charge in [0.05, 0.1) is 50.6 Å². The van der Waals surface area contributed by atoms with E-state index in [2.05, 4.69) is 10.00 Å². The summed E-state index contributed by atoms with van der Waals surface area (Å²) in [6.45, 7) is 6.64. The lowest BCUT2D eigenvalue weighted by Crippen LogP contribution is -2.39. The highest BCUT2D eigenvalue weighted by molar-refractivity contribution is 7.22. The van der Waals surface area contributed by atoms with Crippen LogP contribution >= 0.6 is 23.7 Å². The van der Waals surface area contributed by atoms with E-state index >= 15 is 0 Å². The third-order valence-electron chi connectivity index (χ3n) is 6.58. The van der Waals surface area contributed by atoms with Gasteiger partial charge in [0.25, 0.3) is 5.91 Å². The fourth-order valence-electron chi connectivity index (χ4n) is 4.55. The summed E-state index contributed by atoms with van der Waals surface area (Å²) in [5.41, 5.74) is 2.93. The molecule has 0 unspecified atom stereocenters. The zero-order chi connectivity index (χ0) is 25.8. The van der Waals surface area contributed by atoms with Crippen molar-refractivity contribution in [1.29, 1.82) is 0 Å². The monoisotopic (exact) mass is 557 g/mol. The average molecular weight is 558 g/mol. The van der Waals surface area contributed by atoms with Crippen molar-refractivity contribution in [2.45, 2.75) is 13.3 Å². The first-order valence-corrected chi connectivity index (χ1v) is 13.2.